The monoisotopic (exact) mass is 306 g/mol. The molecule has 0 saturated heterocycles. The third kappa shape index (κ3) is 3.54. The highest BCUT2D eigenvalue weighted by Gasteiger charge is 2.24. The number of Topliss-reactive ketones (excluding diaryl/α,β-unsaturated/α-hetero) is 1. The molecule has 0 amide bonds. The zero-order chi connectivity index (χ0) is 16.1. The molecule has 0 radical (unpaired) electrons. The van der Waals surface area contributed by atoms with Crippen LogP contribution in [-0.4, -0.2) is 15.9 Å². The largest absolute Gasteiger partial charge is 0.339 e. The van der Waals surface area contributed by atoms with E-state index in [4.69, 9.17) is 4.52 Å². The van der Waals surface area contributed by atoms with E-state index in [2.05, 4.69) is 10.1 Å². The minimum absolute atomic E-state index is 0.0655. The lowest BCUT2D eigenvalue weighted by Crippen LogP contribution is -2.09. The Bertz CT molecular complexity index is 766. The van der Waals surface area contributed by atoms with Gasteiger partial charge in [-0.05, 0) is 5.56 Å². The average molecular weight is 306 g/mol. The van der Waals surface area contributed by atoms with Crippen LogP contribution >= 0.6 is 0 Å². The van der Waals surface area contributed by atoms with Crippen LogP contribution < -0.4 is 0 Å². The maximum absolute atomic E-state index is 12.6. The first-order valence-corrected chi connectivity index (χ1v) is 7.73. The number of benzene rings is 2. The Labute approximate surface area is 135 Å². The van der Waals surface area contributed by atoms with E-state index in [1.54, 1.807) is 0 Å². The van der Waals surface area contributed by atoms with Gasteiger partial charge in [-0.1, -0.05) is 72.7 Å². The highest BCUT2D eigenvalue weighted by molar-refractivity contribution is 5.96. The van der Waals surface area contributed by atoms with Crippen molar-refractivity contribution in [1.82, 2.24) is 10.1 Å². The van der Waals surface area contributed by atoms with Crippen molar-refractivity contribution < 1.29 is 9.32 Å². The Balaban J connectivity index is 1.91. The molecule has 1 unspecified atom stereocenters. The molecule has 2 aromatic carbocycles. The predicted octanol–water partition coefficient (Wildman–Crippen LogP) is 4.04. The second kappa shape index (κ2) is 7.01. The molecule has 4 heteroatoms. The van der Waals surface area contributed by atoms with E-state index in [1.165, 1.54) is 0 Å². The number of carbonyl (C=O) groups excluding carboxylic acids is 1. The summed E-state index contributed by atoms with van der Waals surface area (Å²) in [5, 5.41) is 3.96. The van der Waals surface area contributed by atoms with Gasteiger partial charge in [-0.2, -0.15) is 4.98 Å². The summed E-state index contributed by atoms with van der Waals surface area (Å²) in [7, 11) is 0. The topological polar surface area (TPSA) is 56.0 Å². The Hall–Kier alpha value is -2.75. The van der Waals surface area contributed by atoms with E-state index in [0.717, 1.165) is 5.56 Å². The van der Waals surface area contributed by atoms with E-state index in [0.29, 0.717) is 30.1 Å². The van der Waals surface area contributed by atoms with Gasteiger partial charge in [0.1, 0.15) is 0 Å². The van der Waals surface area contributed by atoms with Crippen molar-refractivity contribution in [3.63, 3.8) is 0 Å². The molecule has 3 aromatic rings. The summed E-state index contributed by atoms with van der Waals surface area (Å²) < 4.78 is 5.40. The summed E-state index contributed by atoms with van der Waals surface area (Å²) in [6.45, 7) is 1.97. The fourth-order valence-corrected chi connectivity index (χ4v) is 2.51. The maximum Gasteiger partial charge on any atom is 0.234 e. The zero-order valence-corrected chi connectivity index (χ0v) is 13.0. The van der Waals surface area contributed by atoms with Gasteiger partial charge in [0.15, 0.2) is 11.6 Å². The number of carbonyl (C=O) groups is 1. The van der Waals surface area contributed by atoms with E-state index in [1.807, 2.05) is 67.6 Å². The summed E-state index contributed by atoms with van der Waals surface area (Å²) in [4.78, 5) is 17.0. The molecule has 4 nitrogen and oxygen atoms in total. The zero-order valence-electron chi connectivity index (χ0n) is 13.0. The molecular weight excluding hydrogens is 288 g/mol. The normalized spacial score (nSPS) is 12.0. The van der Waals surface area contributed by atoms with Crippen LogP contribution in [0.25, 0.3) is 0 Å². The predicted molar refractivity (Wildman–Crippen MR) is 87.4 cm³/mol. The molecule has 0 fully saturated rings. The Morgan fingerprint density at radius 2 is 1.70 bits per heavy atom. The molecule has 0 aliphatic carbocycles. The lowest BCUT2D eigenvalue weighted by molar-refractivity contribution is 0.0973. The quantitative estimate of drug-likeness (QED) is 0.645. The van der Waals surface area contributed by atoms with Gasteiger partial charge in [0.25, 0.3) is 0 Å². The lowest BCUT2D eigenvalue weighted by atomic mass is 9.91. The molecule has 0 bridgehead atoms. The number of ketones is 1. The first-order valence-electron chi connectivity index (χ1n) is 7.73. The van der Waals surface area contributed by atoms with Crippen molar-refractivity contribution in [2.24, 2.45) is 0 Å². The van der Waals surface area contributed by atoms with Crippen LogP contribution in [0.3, 0.4) is 0 Å². The number of rotatable bonds is 6. The summed E-state index contributed by atoms with van der Waals surface area (Å²) in [5.74, 6) is 0.998. The molecule has 3 rings (SSSR count). The maximum atomic E-state index is 12.6. The SMILES string of the molecule is CCc1noc(C(CC(=O)c2ccccc2)c2ccccc2)n1. The number of nitrogens with zero attached hydrogens (tertiary/aromatic N) is 2. The van der Waals surface area contributed by atoms with Crippen LogP contribution in [0.2, 0.25) is 0 Å². The molecule has 1 atom stereocenters. The second-order valence-electron chi connectivity index (χ2n) is 5.36. The van der Waals surface area contributed by atoms with Gasteiger partial charge in [-0.15, -0.1) is 0 Å². The van der Waals surface area contributed by atoms with E-state index in [-0.39, 0.29) is 11.7 Å². The van der Waals surface area contributed by atoms with Gasteiger partial charge in [-0.25, -0.2) is 0 Å². The van der Waals surface area contributed by atoms with Crippen molar-refractivity contribution in [3.05, 3.63) is 83.5 Å². The number of aromatic nitrogens is 2. The average Bonchev–Trinajstić information content (AvgIpc) is 3.10. The number of hydrogen-bond acceptors (Lipinski definition) is 4. The van der Waals surface area contributed by atoms with Crippen molar-refractivity contribution in [3.8, 4) is 0 Å². The second-order valence-corrected chi connectivity index (χ2v) is 5.36. The van der Waals surface area contributed by atoms with Crippen LogP contribution in [0.4, 0.5) is 0 Å². The van der Waals surface area contributed by atoms with Gasteiger partial charge < -0.3 is 4.52 Å². The summed E-state index contributed by atoms with van der Waals surface area (Å²) in [5.41, 5.74) is 1.70. The highest BCUT2D eigenvalue weighted by Crippen LogP contribution is 2.28. The highest BCUT2D eigenvalue weighted by atomic mass is 16.5. The minimum Gasteiger partial charge on any atom is -0.339 e. The van der Waals surface area contributed by atoms with E-state index < -0.39 is 0 Å². The molecule has 23 heavy (non-hydrogen) atoms. The summed E-state index contributed by atoms with van der Waals surface area (Å²) in [6, 6.07) is 19.1. The molecule has 0 saturated carbocycles. The molecular formula is C19H18N2O2. The molecule has 0 spiro atoms. The third-order valence-corrected chi connectivity index (χ3v) is 3.79. The first-order chi connectivity index (χ1) is 11.3. The molecule has 1 heterocycles. The standard InChI is InChI=1S/C19H18N2O2/c1-2-18-20-19(23-21-18)16(14-9-5-3-6-10-14)13-17(22)15-11-7-4-8-12-15/h3-12,16H,2,13H2,1H3. The summed E-state index contributed by atoms with van der Waals surface area (Å²) in [6.07, 6.45) is 1.01. The van der Waals surface area contributed by atoms with Crippen molar-refractivity contribution >= 4 is 5.78 Å². The van der Waals surface area contributed by atoms with Crippen LogP contribution in [0, 0.1) is 0 Å². The molecule has 0 aliphatic heterocycles. The van der Waals surface area contributed by atoms with Crippen LogP contribution in [-0.2, 0) is 6.42 Å². The van der Waals surface area contributed by atoms with Gasteiger partial charge in [0, 0.05) is 18.4 Å². The fraction of sp³-hybridized carbons (Fsp3) is 0.211. The van der Waals surface area contributed by atoms with Crippen molar-refractivity contribution in [2.45, 2.75) is 25.7 Å². The summed E-state index contributed by atoms with van der Waals surface area (Å²) >= 11 is 0. The van der Waals surface area contributed by atoms with Crippen molar-refractivity contribution in [1.29, 1.82) is 0 Å². The number of aryl methyl sites for hydroxylation is 1. The van der Waals surface area contributed by atoms with Gasteiger partial charge in [0.05, 0.1) is 5.92 Å². The Morgan fingerprint density at radius 1 is 1.04 bits per heavy atom. The van der Waals surface area contributed by atoms with E-state index in [9.17, 15) is 4.79 Å². The van der Waals surface area contributed by atoms with Crippen molar-refractivity contribution in [2.75, 3.05) is 0 Å². The van der Waals surface area contributed by atoms with Gasteiger partial charge in [0.2, 0.25) is 5.89 Å². The fourth-order valence-electron chi connectivity index (χ4n) is 2.51. The van der Waals surface area contributed by atoms with Crippen LogP contribution in [0.5, 0.6) is 0 Å². The van der Waals surface area contributed by atoms with Gasteiger partial charge >= 0.3 is 0 Å². The third-order valence-electron chi connectivity index (χ3n) is 3.79. The van der Waals surface area contributed by atoms with Crippen LogP contribution in [0.1, 0.15) is 46.9 Å². The van der Waals surface area contributed by atoms with Gasteiger partial charge in [-0.3, -0.25) is 4.79 Å². The molecule has 0 aliphatic rings. The molecule has 0 N–H and O–H groups in total. The molecule has 1 aromatic heterocycles. The van der Waals surface area contributed by atoms with E-state index >= 15 is 0 Å². The Kier molecular flexibility index (Phi) is 4.62. The lowest BCUT2D eigenvalue weighted by Gasteiger charge is -2.12. The molecule has 116 valence electrons. The first kappa shape index (κ1) is 15.2. The Morgan fingerprint density at radius 3 is 2.30 bits per heavy atom. The number of hydrogen-bond donors (Lipinski definition) is 0. The minimum atomic E-state index is -0.225. The smallest absolute Gasteiger partial charge is 0.234 e. The van der Waals surface area contributed by atoms with Crippen LogP contribution in [0.15, 0.2) is 65.2 Å².